The Hall–Kier alpha value is -1.93. The summed E-state index contributed by atoms with van der Waals surface area (Å²) in [6, 6.07) is 3.53. The molecule has 0 radical (unpaired) electrons. The van der Waals surface area contributed by atoms with Crippen LogP contribution in [0.25, 0.3) is 0 Å². The van der Waals surface area contributed by atoms with Crippen molar-refractivity contribution >= 4 is 10.0 Å². The minimum absolute atomic E-state index is 0.169. The van der Waals surface area contributed by atoms with Crippen molar-refractivity contribution in [3.05, 3.63) is 36.0 Å². The van der Waals surface area contributed by atoms with E-state index in [2.05, 4.69) is 10.1 Å². The molecule has 0 aliphatic carbocycles. The fourth-order valence-corrected chi connectivity index (χ4v) is 4.60. The molecule has 3 rings (SSSR count). The average Bonchev–Trinajstić information content (AvgIpc) is 2.88. The Morgan fingerprint density at radius 1 is 1.30 bits per heavy atom. The third-order valence-electron chi connectivity index (χ3n) is 3.86. The second kappa shape index (κ2) is 6.29. The van der Waals surface area contributed by atoms with Gasteiger partial charge < -0.3 is 9.26 Å². The van der Waals surface area contributed by atoms with E-state index >= 15 is 0 Å². The summed E-state index contributed by atoms with van der Waals surface area (Å²) >= 11 is 0. The maximum Gasteiger partial charge on any atom is 0.248 e. The van der Waals surface area contributed by atoms with Gasteiger partial charge in [0.1, 0.15) is 22.4 Å². The predicted octanol–water partition coefficient (Wildman–Crippen LogP) is 1.92. The van der Waals surface area contributed by atoms with Crippen molar-refractivity contribution in [2.45, 2.75) is 37.7 Å². The van der Waals surface area contributed by atoms with Gasteiger partial charge >= 0.3 is 0 Å². The molecule has 2 aromatic heterocycles. The first-order valence-corrected chi connectivity index (χ1v) is 8.92. The Balaban J connectivity index is 1.78. The molecule has 8 heteroatoms. The highest BCUT2D eigenvalue weighted by atomic mass is 32.2. The predicted molar refractivity (Wildman–Crippen MR) is 82.6 cm³/mol. The Morgan fingerprint density at radius 3 is 2.70 bits per heavy atom. The monoisotopic (exact) mass is 337 g/mol. The number of rotatable bonds is 4. The third-order valence-corrected chi connectivity index (χ3v) is 5.97. The van der Waals surface area contributed by atoms with Gasteiger partial charge in [-0.2, -0.15) is 4.31 Å². The first-order chi connectivity index (χ1) is 11.0. The van der Waals surface area contributed by atoms with Gasteiger partial charge in [0.05, 0.1) is 6.54 Å². The lowest BCUT2D eigenvalue weighted by Gasteiger charge is -2.32. The van der Waals surface area contributed by atoms with Gasteiger partial charge in [-0.1, -0.05) is 5.16 Å². The van der Waals surface area contributed by atoms with Gasteiger partial charge in [-0.3, -0.25) is 4.98 Å². The van der Waals surface area contributed by atoms with Crippen molar-refractivity contribution in [1.82, 2.24) is 14.4 Å². The number of ether oxygens (including phenoxy) is 1. The van der Waals surface area contributed by atoms with Crippen LogP contribution < -0.4 is 4.74 Å². The van der Waals surface area contributed by atoms with Crippen molar-refractivity contribution in [2.75, 3.05) is 13.1 Å². The van der Waals surface area contributed by atoms with E-state index in [-0.39, 0.29) is 11.0 Å². The van der Waals surface area contributed by atoms with Gasteiger partial charge in [-0.05, 0) is 38.8 Å². The van der Waals surface area contributed by atoms with Crippen LogP contribution in [-0.2, 0) is 10.0 Å². The van der Waals surface area contributed by atoms with Gasteiger partial charge in [0.2, 0.25) is 10.0 Å². The fourth-order valence-electron chi connectivity index (χ4n) is 2.80. The number of piperidine rings is 1. The molecule has 124 valence electrons. The van der Waals surface area contributed by atoms with E-state index in [1.54, 1.807) is 38.4 Å². The highest BCUT2D eigenvalue weighted by molar-refractivity contribution is 7.89. The number of hydrogen-bond donors (Lipinski definition) is 0. The van der Waals surface area contributed by atoms with Gasteiger partial charge in [0, 0.05) is 18.9 Å². The quantitative estimate of drug-likeness (QED) is 0.847. The van der Waals surface area contributed by atoms with Crippen molar-refractivity contribution in [3.8, 4) is 5.75 Å². The molecule has 1 saturated heterocycles. The minimum Gasteiger partial charge on any atom is -0.489 e. The molecule has 0 N–H and O–H groups in total. The van der Waals surface area contributed by atoms with Crippen LogP contribution >= 0.6 is 0 Å². The molecule has 3 heterocycles. The summed E-state index contributed by atoms with van der Waals surface area (Å²) in [5, 5.41) is 3.75. The summed E-state index contributed by atoms with van der Waals surface area (Å²) in [6.45, 7) is 4.04. The number of sulfonamides is 1. The fraction of sp³-hybridized carbons (Fsp3) is 0.467. The lowest BCUT2D eigenvalue weighted by Crippen LogP contribution is -2.44. The van der Waals surface area contributed by atoms with Crippen LogP contribution in [0.3, 0.4) is 0 Å². The molecule has 0 saturated carbocycles. The first kappa shape index (κ1) is 15.9. The highest BCUT2D eigenvalue weighted by Gasteiger charge is 2.35. The highest BCUT2D eigenvalue weighted by Crippen LogP contribution is 2.27. The van der Waals surface area contributed by atoms with E-state index in [1.807, 2.05) is 0 Å². The summed E-state index contributed by atoms with van der Waals surface area (Å²) < 4.78 is 38.0. The third kappa shape index (κ3) is 3.23. The minimum atomic E-state index is -3.62. The van der Waals surface area contributed by atoms with Crippen molar-refractivity contribution in [1.29, 1.82) is 0 Å². The first-order valence-electron chi connectivity index (χ1n) is 7.48. The maximum atomic E-state index is 12.8. The Morgan fingerprint density at radius 2 is 2.04 bits per heavy atom. The molecule has 0 bridgehead atoms. The summed E-state index contributed by atoms with van der Waals surface area (Å²) in [5.41, 5.74) is 0.389. The SMILES string of the molecule is Cc1noc(C)c1S(=O)(=O)N1CCCC(Oc2ccncc2)C1. The second-order valence-electron chi connectivity index (χ2n) is 5.58. The normalized spacial score (nSPS) is 19.7. The molecule has 23 heavy (non-hydrogen) atoms. The number of aryl methyl sites for hydroxylation is 2. The zero-order valence-electron chi connectivity index (χ0n) is 13.1. The van der Waals surface area contributed by atoms with E-state index in [0.29, 0.717) is 30.3 Å². The second-order valence-corrected chi connectivity index (χ2v) is 7.46. The molecule has 0 amide bonds. The lowest BCUT2D eigenvalue weighted by molar-refractivity contribution is 0.129. The molecule has 0 spiro atoms. The van der Waals surface area contributed by atoms with Crippen LogP contribution in [0.15, 0.2) is 33.9 Å². The van der Waals surface area contributed by atoms with E-state index in [1.165, 1.54) is 4.31 Å². The van der Waals surface area contributed by atoms with E-state index in [0.717, 1.165) is 12.8 Å². The Kier molecular flexibility index (Phi) is 4.36. The van der Waals surface area contributed by atoms with E-state index < -0.39 is 10.0 Å². The Bertz CT molecular complexity index is 754. The van der Waals surface area contributed by atoms with Crippen LogP contribution in [0, 0.1) is 13.8 Å². The Labute approximate surface area is 135 Å². The molecular formula is C15H19N3O4S. The van der Waals surface area contributed by atoms with Crippen molar-refractivity contribution in [3.63, 3.8) is 0 Å². The number of pyridine rings is 1. The van der Waals surface area contributed by atoms with Crippen LogP contribution in [0.1, 0.15) is 24.3 Å². The zero-order chi connectivity index (χ0) is 16.4. The molecule has 1 atom stereocenters. The van der Waals surface area contributed by atoms with Crippen LogP contribution in [0.4, 0.5) is 0 Å². The molecule has 2 aromatic rings. The summed E-state index contributed by atoms with van der Waals surface area (Å²) in [6.07, 6.45) is 4.68. The lowest BCUT2D eigenvalue weighted by atomic mass is 10.1. The smallest absolute Gasteiger partial charge is 0.248 e. The van der Waals surface area contributed by atoms with Gasteiger partial charge in [0.15, 0.2) is 5.76 Å². The van der Waals surface area contributed by atoms with Crippen LogP contribution in [0.5, 0.6) is 5.75 Å². The summed E-state index contributed by atoms with van der Waals surface area (Å²) in [7, 11) is -3.62. The van der Waals surface area contributed by atoms with Crippen molar-refractivity contribution in [2.24, 2.45) is 0 Å². The van der Waals surface area contributed by atoms with Gasteiger partial charge in [0.25, 0.3) is 0 Å². The van der Waals surface area contributed by atoms with Gasteiger partial charge in [-0.15, -0.1) is 0 Å². The molecule has 1 aliphatic heterocycles. The summed E-state index contributed by atoms with van der Waals surface area (Å²) in [5.74, 6) is 1.02. The molecule has 1 fully saturated rings. The maximum absolute atomic E-state index is 12.8. The molecule has 0 aromatic carbocycles. The van der Waals surface area contributed by atoms with Crippen LogP contribution in [-0.4, -0.2) is 42.1 Å². The molecule has 1 aliphatic rings. The summed E-state index contributed by atoms with van der Waals surface area (Å²) in [4.78, 5) is 4.11. The topological polar surface area (TPSA) is 85.5 Å². The number of aromatic nitrogens is 2. The molecule has 7 nitrogen and oxygen atoms in total. The van der Waals surface area contributed by atoms with E-state index in [9.17, 15) is 8.42 Å². The standard InChI is InChI=1S/C15H19N3O4S/c1-11-15(12(2)22-17-11)23(19,20)18-9-3-4-14(10-18)21-13-5-7-16-8-6-13/h5-8,14H,3-4,9-10H2,1-2H3. The number of nitrogens with zero attached hydrogens (tertiary/aromatic N) is 3. The van der Waals surface area contributed by atoms with Gasteiger partial charge in [-0.25, -0.2) is 8.42 Å². The molecule has 1 unspecified atom stereocenters. The van der Waals surface area contributed by atoms with Crippen molar-refractivity contribution < 1.29 is 17.7 Å². The average molecular weight is 337 g/mol. The zero-order valence-corrected chi connectivity index (χ0v) is 13.9. The number of hydrogen-bond acceptors (Lipinski definition) is 6. The van der Waals surface area contributed by atoms with Crippen LogP contribution in [0.2, 0.25) is 0 Å². The molecular weight excluding hydrogens is 318 g/mol. The van der Waals surface area contributed by atoms with E-state index in [4.69, 9.17) is 9.26 Å². The largest absolute Gasteiger partial charge is 0.489 e.